The summed E-state index contributed by atoms with van der Waals surface area (Å²) in [6.07, 6.45) is 8.33. The van der Waals surface area contributed by atoms with Crippen LogP contribution in [0.15, 0.2) is 0 Å². The third-order valence-corrected chi connectivity index (χ3v) is 4.21. The number of ether oxygens (including phenoxy) is 1. The first-order valence-corrected chi connectivity index (χ1v) is 7.53. The van der Waals surface area contributed by atoms with Crippen LogP contribution in [-0.2, 0) is 17.6 Å². The van der Waals surface area contributed by atoms with Crippen molar-refractivity contribution < 1.29 is 4.74 Å². The van der Waals surface area contributed by atoms with Crippen LogP contribution >= 0.6 is 0 Å². The maximum absolute atomic E-state index is 5.58. The molecule has 1 aromatic heterocycles. The molecule has 2 heterocycles. The molecule has 1 aliphatic heterocycles. The fraction of sp³-hybridized carbons (Fsp3) is 0.733. The molecule has 1 atom stereocenters. The monoisotopic (exact) mass is 261 g/mol. The molecule has 0 saturated carbocycles. The maximum Gasteiger partial charge on any atom is 0.136 e. The van der Waals surface area contributed by atoms with E-state index in [4.69, 9.17) is 14.7 Å². The minimum Gasteiger partial charge on any atom is -0.381 e. The quantitative estimate of drug-likeness (QED) is 0.831. The van der Waals surface area contributed by atoms with Gasteiger partial charge in [-0.2, -0.15) is 0 Å². The third-order valence-electron chi connectivity index (χ3n) is 4.21. The molecule has 1 fully saturated rings. The molecule has 0 spiro atoms. The van der Waals surface area contributed by atoms with Crippen LogP contribution in [0.2, 0.25) is 0 Å². The number of aromatic nitrogens is 2. The highest BCUT2D eigenvalue weighted by Crippen LogP contribution is 2.29. The summed E-state index contributed by atoms with van der Waals surface area (Å²) in [6, 6.07) is 0. The Hall–Kier alpha value is -1.16. The van der Waals surface area contributed by atoms with Gasteiger partial charge in [-0.1, -0.05) is 6.42 Å². The van der Waals surface area contributed by atoms with Gasteiger partial charge in [0.05, 0.1) is 6.61 Å². The molecule has 1 saturated heterocycles. The summed E-state index contributed by atoms with van der Waals surface area (Å²) in [6.45, 7) is 1.67. The van der Waals surface area contributed by atoms with Gasteiger partial charge < -0.3 is 10.1 Å². The normalized spacial score (nSPS) is 23.5. The lowest BCUT2D eigenvalue weighted by Gasteiger charge is -2.22. The number of anilines is 1. The van der Waals surface area contributed by atoms with Crippen LogP contribution < -0.4 is 5.32 Å². The van der Waals surface area contributed by atoms with Crippen molar-refractivity contribution in [2.45, 2.75) is 50.9 Å². The molecule has 2 aliphatic rings. The van der Waals surface area contributed by atoms with E-state index in [1.54, 1.807) is 0 Å². The van der Waals surface area contributed by atoms with Crippen molar-refractivity contribution in [3.8, 4) is 0 Å². The number of hydrogen-bond donors (Lipinski definition) is 1. The lowest BCUT2D eigenvalue weighted by Crippen LogP contribution is -2.20. The van der Waals surface area contributed by atoms with Crippen molar-refractivity contribution in [3.05, 3.63) is 17.1 Å². The minimum atomic E-state index is 0.384. The summed E-state index contributed by atoms with van der Waals surface area (Å²) in [7, 11) is 1.97. The van der Waals surface area contributed by atoms with Gasteiger partial charge >= 0.3 is 0 Å². The van der Waals surface area contributed by atoms with Gasteiger partial charge in [0.15, 0.2) is 0 Å². The lowest BCUT2D eigenvalue weighted by atomic mass is 10.0. The highest BCUT2D eigenvalue weighted by Gasteiger charge is 2.22. The van der Waals surface area contributed by atoms with E-state index < -0.39 is 0 Å². The Balaban J connectivity index is 1.94. The van der Waals surface area contributed by atoms with Gasteiger partial charge in [-0.25, -0.2) is 9.97 Å². The zero-order valence-corrected chi connectivity index (χ0v) is 11.7. The average molecular weight is 261 g/mol. The molecule has 4 heteroatoms. The van der Waals surface area contributed by atoms with Crippen molar-refractivity contribution in [2.75, 3.05) is 25.6 Å². The second-order valence-electron chi connectivity index (χ2n) is 5.58. The van der Waals surface area contributed by atoms with Gasteiger partial charge in [0, 0.05) is 30.8 Å². The predicted octanol–water partition coefficient (Wildman–Crippen LogP) is 2.68. The Labute approximate surface area is 115 Å². The topological polar surface area (TPSA) is 47.0 Å². The van der Waals surface area contributed by atoms with Crippen LogP contribution in [0.25, 0.3) is 0 Å². The number of nitrogens with zero attached hydrogens (tertiary/aromatic N) is 2. The largest absolute Gasteiger partial charge is 0.381 e. The van der Waals surface area contributed by atoms with Gasteiger partial charge in [-0.3, -0.25) is 0 Å². The van der Waals surface area contributed by atoms with Gasteiger partial charge in [-0.05, 0) is 38.5 Å². The zero-order chi connectivity index (χ0) is 13.1. The SMILES string of the molecule is CNc1nc(C2CCCOC2)nc2c1CCCCC2. The maximum atomic E-state index is 5.58. The minimum absolute atomic E-state index is 0.384. The van der Waals surface area contributed by atoms with Crippen LogP contribution in [0.3, 0.4) is 0 Å². The number of aryl methyl sites for hydroxylation is 1. The van der Waals surface area contributed by atoms with Crippen LogP contribution in [0.4, 0.5) is 5.82 Å². The van der Waals surface area contributed by atoms with E-state index in [1.807, 2.05) is 7.05 Å². The molecule has 0 radical (unpaired) electrons. The first-order valence-electron chi connectivity index (χ1n) is 7.53. The molecule has 0 bridgehead atoms. The Morgan fingerprint density at radius 2 is 2.00 bits per heavy atom. The third kappa shape index (κ3) is 2.73. The molecule has 104 valence electrons. The van der Waals surface area contributed by atoms with Crippen LogP contribution in [0, 0.1) is 0 Å². The number of nitrogens with one attached hydrogen (secondary N) is 1. The second kappa shape index (κ2) is 5.87. The first-order chi connectivity index (χ1) is 9.38. The van der Waals surface area contributed by atoms with E-state index in [0.29, 0.717) is 5.92 Å². The van der Waals surface area contributed by atoms with Gasteiger partial charge in [-0.15, -0.1) is 0 Å². The standard InChI is InChI=1S/C15H23N3O/c1-16-15-12-7-3-2-4-8-13(12)17-14(18-15)11-6-5-9-19-10-11/h11H,2-10H2,1H3,(H,16,17,18). The Morgan fingerprint density at radius 1 is 1.11 bits per heavy atom. The van der Waals surface area contributed by atoms with Crippen molar-refractivity contribution in [1.82, 2.24) is 9.97 Å². The molecule has 1 aromatic rings. The molecule has 1 N–H and O–H groups in total. The van der Waals surface area contributed by atoms with E-state index >= 15 is 0 Å². The van der Waals surface area contributed by atoms with E-state index in [2.05, 4.69) is 5.32 Å². The number of rotatable bonds is 2. The van der Waals surface area contributed by atoms with Crippen molar-refractivity contribution in [1.29, 1.82) is 0 Å². The predicted molar refractivity (Wildman–Crippen MR) is 75.6 cm³/mol. The molecule has 0 amide bonds. The molecular formula is C15H23N3O. The van der Waals surface area contributed by atoms with E-state index in [9.17, 15) is 0 Å². The van der Waals surface area contributed by atoms with Crippen LogP contribution in [-0.4, -0.2) is 30.2 Å². The van der Waals surface area contributed by atoms with Crippen molar-refractivity contribution in [2.24, 2.45) is 0 Å². The smallest absolute Gasteiger partial charge is 0.136 e. The van der Waals surface area contributed by atoms with E-state index in [0.717, 1.165) is 50.5 Å². The molecule has 0 aromatic carbocycles. The van der Waals surface area contributed by atoms with Crippen molar-refractivity contribution >= 4 is 5.82 Å². The molecular weight excluding hydrogens is 238 g/mol. The second-order valence-corrected chi connectivity index (χ2v) is 5.58. The fourth-order valence-corrected chi connectivity index (χ4v) is 3.12. The Kier molecular flexibility index (Phi) is 3.97. The number of fused-ring (bicyclic) bond motifs is 1. The average Bonchev–Trinajstić information content (AvgIpc) is 2.72. The highest BCUT2D eigenvalue weighted by atomic mass is 16.5. The highest BCUT2D eigenvalue weighted by molar-refractivity contribution is 5.47. The molecule has 4 nitrogen and oxygen atoms in total. The first kappa shape index (κ1) is 12.9. The summed E-state index contributed by atoms with van der Waals surface area (Å²) in [5, 5.41) is 3.27. The molecule has 3 rings (SSSR count). The molecule has 1 unspecified atom stereocenters. The van der Waals surface area contributed by atoms with Gasteiger partial charge in [0.2, 0.25) is 0 Å². The van der Waals surface area contributed by atoms with Crippen LogP contribution in [0.1, 0.15) is 55.1 Å². The molecule has 1 aliphatic carbocycles. The van der Waals surface area contributed by atoms with Crippen molar-refractivity contribution in [3.63, 3.8) is 0 Å². The lowest BCUT2D eigenvalue weighted by molar-refractivity contribution is 0.0780. The summed E-state index contributed by atoms with van der Waals surface area (Å²) >= 11 is 0. The van der Waals surface area contributed by atoms with Gasteiger partial charge in [0.25, 0.3) is 0 Å². The van der Waals surface area contributed by atoms with Crippen LogP contribution in [0.5, 0.6) is 0 Å². The van der Waals surface area contributed by atoms with E-state index in [1.165, 1.54) is 30.5 Å². The Morgan fingerprint density at radius 3 is 2.79 bits per heavy atom. The van der Waals surface area contributed by atoms with Gasteiger partial charge in [0.1, 0.15) is 11.6 Å². The van der Waals surface area contributed by atoms with E-state index in [-0.39, 0.29) is 0 Å². The molecule has 19 heavy (non-hydrogen) atoms. The number of hydrogen-bond acceptors (Lipinski definition) is 4. The fourth-order valence-electron chi connectivity index (χ4n) is 3.12. The zero-order valence-electron chi connectivity index (χ0n) is 11.7. The Bertz CT molecular complexity index is 441. The summed E-state index contributed by atoms with van der Waals surface area (Å²) < 4.78 is 5.58. The summed E-state index contributed by atoms with van der Waals surface area (Å²) in [5.41, 5.74) is 2.62. The summed E-state index contributed by atoms with van der Waals surface area (Å²) in [5.74, 6) is 2.42. The summed E-state index contributed by atoms with van der Waals surface area (Å²) in [4.78, 5) is 9.64.